The lowest BCUT2D eigenvalue weighted by Gasteiger charge is -2.19. The largest absolute Gasteiger partial charge is 0.505 e. The number of nitrogens with zero attached hydrogens (tertiary/aromatic N) is 4. The predicted octanol–water partition coefficient (Wildman–Crippen LogP) is 1.80. The van der Waals surface area contributed by atoms with Crippen LogP contribution in [0.1, 0.15) is 83.5 Å². The van der Waals surface area contributed by atoms with Gasteiger partial charge < -0.3 is 56.1 Å². The third kappa shape index (κ3) is 20.3. The first-order valence-electron chi connectivity index (χ1n) is 17.2. The fourth-order valence-electron chi connectivity index (χ4n) is 3.74. The Bertz CT molecular complexity index is 2030. The average Bonchev–Trinajstić information content (AvgIpc) is 3.15. The van der Waals surface area contributed by atoms with Crippen molar-refractivity contribution in [2.75, 3.05) is 19.6 Å². The van der Waals surface area contributed by atoms with Crippen LogP contribution in [0, 0.1) is 0 Å². The molecule has 0 aliphatic heterocycles. The third-order valence-electron chi connectivity index (χ3n) is 6.02. The summed E-state index contributed by atoms with van der Waals surface area (Å²) in [5.74, 6) is -6.52. The number of nitrogens with one attached hydrogen (secondary N) is 3. The molecule has 0 saturated carbocycles. The van der Waals surface area contributed by atoms with Crippen LogP contribution in [0.15, 0.2) is 73.3 Å². The third-order valence-corrected chi connectivity index (χ3v) is 6.02. The second-order valence-electron chi connectivity index (χ2n) is 13.4. The highest BCUT2D eigenvalue weighted by molar-refractivity contribution is 5.97. The van der Waals surface area contributed by atoms with Gasteiger partial charge in [0.2, 0.25) is 0 Å². The Morgan fingerprint density at radius 1 is 0.483 bits per heavy atom. The van der Waals surface area contributed by atoms with Gasteiger partial charge in [-0.2, -0.15) is 0 Å². The van der Waals surface area contributed by atoms with Crippen LogP contribution in [-0.4, -0.2) is 123 Å². The van der Waals surface area contributed by atoms with Crippen LogP contribution in [0.25, 0.3) is 0 Å². The van der Waals surface area contributed by atoms with E-state index in [0.717, 1.165) is 0 Å². The minimum atomic E-state index is -1.22. The summed E-state index contributed by atoms with van der Waals surface area (Å²) in [5, 5.41) is 60.2. The molecule has 9 N–H and O–H groups in total. The minimum absolute atomic E-state index is 0.124. The molecule has 0 saturated heterocycles. The van der Waals surface area contributed by atoms with E-state index in [9.17, 15) is 48.9 Å². The number of aromatic hydroxyl groups is 4. The molecule has 4 rings (SSSR count). The Balaban J connectivity index is 0.000000408. The van der Waals surface area contributed by atoms with Crippen LogP contribution >= 0.6 is 0 Å². The van der Waals surface area contributed by atoms with Crippen LogP contribution in [0.4, 0.5) is 0 Å². The van der Waals surface area contributed by atoms with Gasteiger partial charge in [-0.25, -0.2) is 24.7 Å². The zero-order valence-corrected chi connectivity index (χ0v) is 33.2. The summed E-state index contributed by atoms with van der Waals surface area (Å²) in [5.41, 5.74) is -1.96. The highest BCUT2D eigenvalue weighted by Crippen LogP contribution is 2.15. The van der Waals surface area contributed by atoms with Gasteiger partial charge in [-0.3, -0.25) is 28.8 Å². The summed E-state index contributed by atoms with van der Waals surface area (Å²) in [6, 6.07) is 11.2. The molecule has 60 heavy (non-hydrogen) atoms. The number of hydrogen-bond acceptors (Lipinski definition) is 17. The summed E-state index contributed by atoms with van der Waals surface area (Å²) < 4.78 is 10.0. The molecule has 0 aliphatic carbocycles. The first-order chi connectivity index (χ1) is 27.9. The van der Waals surface area contributed by atoms with Crippen LogP contribution in [0.5, 0.6) is 23.0 Å². The van der Waals surface area contributed by atoms with Gasteiger partial charge in [0.1, 0.15) is 53.8 Å². The van der Waals surface area contributed by atoms with Crippen molar-refractivity contribution in [2.24, 2.45) is 0 Å². The monoisotopic (exact) mass is 839 g/mol. The quantitative estimate of drug-likeness (QED) is 0.103. The van der Waals surface area contributed by atoms with Gasteiger partial charge in [-0.1, -0.05) is 0 Å². The lowest BCUT2D eigenvalue weighted by atomic mass is 10.2. The molecule has 0 aliphatic rings. The molecule has 4 aromatic rings. The number of rotatable bonds is 10. The van der Waals surface area contributed by atoms with Crippen molar-refractivity contribution < 1.29 is 73.7 Å². The van der Waals surface area contributed by atoms with Gasteiger partial charge in [-0.05, 0) is 90.1 Å². The first-order valence-corrected chi connectivity index (χ1v) is 17.2. The van der Waals surface area contributed by atoms with Crippen LogP contribution in [0.3, 0.4) is 0 Å². The molecule has 322 valence electrons. The molecular weight excluding hydrogens is 794 g/mol. The number of pyridine rings is 4. The highest BCUT2D eigenvalue weighted by Gasteiger charge is 2.20. The SMILES string of the molecule is CC(C)(C)OC(=O)CNC(=O)c1ncccc1O.CC(C)(C)OC(=O)CNC(=O)c1ncccc1O.O=C(O)CNC(=O)c1ncccc1O.O=C(O)c1ncccc1O. The molecule has 22 heteroatoms. The molecule has 0 spiro atoms. The number of ether oxygens (including phenoxy) is 2. The molecule has 0 fully saturated rings. The molecule has 4 aromatic heterocycles. The standard InChI is InChI=1S/2C12H16N2O4.C8H8N2O4.C6H5NO3/c2*1-12(2,3)18-9(16)7-14-11(17)10-8(15)5-4-6-13-10;11-5-2-1-3-9-7(5)8(14)10-4-6(12)13;8-4-2-1-3-7-5(4)6(9)10/h2*4-6,15H,7H2,1-3H3,(H,14,17);1-3,11H,4H2,(H,10,14)(H,12,13);1-3,8H,(H,9,10). The van der Waals surface area contributed by atoms with E-state index in [1.54, 1.807) is 41.5 Å². The number of aliphatic carboxylic acids is 1. The van der Waals surface area contributed by atoms with E-state index < -0.39 is 59.3 Å². The summed E-state index contributed by atoms with van der Waals surface area (Å²) in [6.07, 6.45) is 5.39. The van der Waals surface area contributed by atoms with Crippen molar-refractivity contribution in [2.45, 2.75) is 52.7 Å². The number of hydrogen-bond donors (Lipinski definition) is 9. The summed E-state index contributed by atoms with van der Waals surface area (Å²) in [7, 11) is 0. The van der Waals surface area contributed by atoms with Crippen molar-refractivity contribution in [1.29, 1.82) is 0 Å². The fraction of sp³-hybridized carbons (Fsp3) is 0.289. The fourth-order valence-corrected chi connectivity index (χ4v) is 3.74. The van der Waals surface area contributed by atoms with Crippen molar-refractivity contribution in [3.63, 3.8) is 0 Å². The Kier molecular flexibility index (Phi) is 20.0. The lowest BCUT2D eigenvalue weighted by molar-refractivity contribution is -0.154. The Morgan fingerprint density at radius 2 is 0.750 bits per heavy atom. The lowest BCUT2D eigenvalue weighted by Crippen LogP contribution is -2.34. The number of esters is 2. The summed E-state index contributed by atoms with van der Waals surface area (Å²) in [6.45, 7) is 9.35. The predicted molar refractivity (Wildman–Crippen MR) is 207 cm³/mol. The highest BCUT2D eigenvalue weighted by atomic mass is 16.6. The van der Waals surface area contributed by atoms with Crippen molar-refractivity contribution >= 4 is 41.6 Å². The molecule has 0 unspecified atom stereocenters. The van der Waals surface area contributed by atoms with Gasteiger partial charge in [0, 0.05) is 24.8 Å². The van der Waals surface area contributed by atoms with Crippen LogP contribution < -0.4 is 16.0 Å². The van der Waals surface area contributed by atoms with Gasteiger partial charge >= 0.3 is 23.9 Å². The van der Waals surface area contributed by atoms with Crippen molar-refractivity contribution in [1.82, 2.24) is 35.9 Å². The second kappa shape index (κ2) is 24.0. The Morgan fingerprint density at radius 3 is 0.967 bits per heavy atom. The van der Waals surface area contributed by atoms with E-state index in [1.165, 1.54) is 73.3 Å². The summed E-state index contributed by atoms with van der Waals surface area (Å²) >= 11 is 0. The molecular formula is C38H45N7O15. The Labute approximate surface area is 342 Å². The van der Waals surface area contributed by atoms with E-state index in [4.69, 9.17) is 24.8 Å². The maximum atomic E-state index is 11.6. The normalized spacial score (nSPS) is 10.2. The number of carbonyl (C=O) groups is 7. The number of carboxylic acids is 2. The topological polar surface area (TPSA) is 347 Å². The molecule has 22 nitrogen and oxygen atoms in total. The molecule has 0 atom stereocenters. The molecule has 0 bridgehead atoms. The zero-order valence-electron chi connectivity index (χ0n) is 33.2. The second-order valence-corrected chi connectivity index (χ2v) is 13.4. The maximum Gasteiger partial charge on any atom is 0.358 e. The zero-order chi connectivity index (χ0) is 45.6. The molecule has 3 amide bonds. The maximum absolute atomic E-state index is 11.6. The number of aromatic carboxylic acids is 1. The van der Waals surface area contributed by atoms with Gasteiger partial charge in [-0.15, -0.1) is 0 Å². The smallest absolute Gasteiger partial charge is 0.358 e. The number of carboxylic acid groups (broad SMARTS) is 2. The number of amides is 3. The first kappa shape index (κ1) is 50.1. The van der Waals surface area contributed by atoms with Crippen molar-refractivity contribution in [3.8, 4) is 23.0 Å². The summed E-state index contributed by atoms with van der Waals surface area (Å²) in [4.78, 5) is 91.9. The van der Waals surface area contributed by atoms with Gasteiger partial charge in [0.25, 0.3) is 17.7 Å². The van der Waals surface area contributed by atoms with Crippen molar-refractivity contribution in [3.05, 3.63) is 96.1 Å². The van der Waals surface area contributed by atoms with Gasteiger partial charge in [0.15, 0.2) is 22.8 Å². The molecule has 4 heterocycles. The van der Waals surface area contributed by atoms with E-state index in [0.29, 0.717) is 0 Å². The van der Waals surface area contributed by atoms with E-state index in [-0.39, 0.29) is 58.9 Å². The number of aromatic nitrogens is 4. The minimum Gasteiger partial charge on any atom is -0.505 e. The van der Waals surface area contributed by atoms with Gasteiger partial charge in [0.05, 0.1) is 0 Å². The van der Waals surface area contributed by atoms with Crippen LogP contribution in [-0.2, 0) is 23.9 Å². The van der Waals surface area contributed by atoms with Crippen LogP contribution in [0.2, 0.25) is 0 Å². The van der Waals surface area contributed by atoms with E-state index in [1.807, 2.05) is 0 Å². The number of carbonyl (C=O) groups excluding carboxylic acids is 5. The molecule has 0 aromatic carbocycles. The van der Waals surface area contributed by atoms with E-state index >= 15 is 0 Å². The average molecular weight is 840 g/mol. The Hall–Kier alpha value is -7.91. The van der Waals surface area contributed by atoms with E-state index in [2.05, 4.69) is 35.9 Å². The molecule has 0 radical (unpaired) electrons.